The van der Waals surface area contributed by atoms with Crippen molar-refractivity contribution in [3.63, 3.8) is 0 Å². The molecule has 1 atom stereocenters. The number of thiazole rings is 1. The Morgan fingerprint density at radius 3 is 2.45 bits per heavy atom. The maximum atomic E-state index is 12.5. The third-order valence-electron chi connectivity index (χ3n) is 3.76. The molecule has 1 aromatic heterocycles. The van der Waals surface area contributed by atoms with Gasteiger partial charge in [0.1, 0.15) is 0 Å². The van der Waals surface area contributed by atoms with Gasteiger partial charge in [-0.05, 0) is 32.1 Å². The molecule has 0 aliphatic heterocycles. The van der Waals surface area contributed by atoms with Crippen LogP contribution >= 0.6 is 11.3 Å². The Morgan fingerprint density at radius 1 is 1.32 bits per heavy atom. The van der Waals surface area contributed by atoms with Crippen LogP contribution in [-0.4, -0.2) is 16.8 Å². The van der Waals surface area contributed by atoms with E-state index in [-0.39, 0.29) is 18.2 Å². The first-order valence-corrected chi connectivity index (χ1v) is 8.16. The van der Waals surface area contributed by atoms with Crippen LogP contribution in [0.4, 0.5) is 0 Å². The molecule has 0 spiro atoms. The number of carbonyl (C=O) groups excluding carboxylic acids is 2. The quantitative estimate of drug-likeness (QED) is 0.321. The molecule has 2 amide bonds. The number of nitrogens with one attached hydrogen (secondary N) is 2. The third-order valence-corrected chi connectivity index (χ3v) is 4.54. The van der Waals surface area contributed by atoms with E-state index in [0.29, 0.717) is 24.5 Å². The molecule has 0 saturated heterocycles. The highest BCUT2D eigenvalue weighted by Crippen LogP contribution is 2.36. The summed E-state index contributed by atoms with van der Waals surface area (Å²) in [5, 5.41) is 2.74. The first-order chi connectivity index (χ1) is 10.4. The van der Waals surface area contributed by atoms with E-state index in [4.69, 9.17) is 11.7 Å². The van der Waals surface area contributed by atoms with Crippen LogP contribution in [0.1, 0.15) is 50.2 Å². The summed E-state index contributed by atoms with van der Waals surface area (Å²) in [6.45, 7) is 6.06. The highest BCUT2D eigenvalue weighted by Gasteiger charge is 2.41. The molecule has 0 saturated carbocycles. The first kappa shape index (κ1) is 18.5. The second kappa shape index (κ2) is 8.21. The number of hydrogen-bond donors (Lipinski definition) is 4. The fraction of sp³-hybridized carbons (Fsp3) is 0.643. The van der Waals surface area contributed by atoms with E-state index >= 15 is 0 Å². The van der Waals surface area contributed by atoms with Gasteiger partial charge in [-0.25, -0.2) is 16.7 Å². The zero-order chi connectivity index (χ0) is 16.8. The number of aryl methyl sites for hydroxylation is 1. The largest absolute Gasteiger partial charge is 0.294 e. The third kappa shape index (κ3) is 4.49. The van der Waals surface area contributed by atoms with Gasteiger partial charge in [0, 0.05) is 11.8 Å². The van der Waals surface area contributed by atoms with Crippen molar-refractivity contribution in [1.29, 1.82) is 0 Å². The number of hydrazine groups is 2. The SMILES string of the molecule is Cc1nc([C@@](CCC(=O)NN)(CCC(C)C)C(=O)NN)cs1. The minimum absolute atomic E-state index is 0.137. The van der Waals surface area contributed by atoms with Gasteiger partial charge in [0.2, 0.25) is 11.8 Å². The molecule has 0 bridgehead atoms. The van der Waals surface area contributed by atoms with Crippen LogP contribution in [0.2, 0.25) is 0 Å². The summed E-state index contributed by atoms with van der Waals surface area (Å²) >= 11 is 1.48. The van der Waals surface area contributed by atoms with Crippen molar-refractivity contribution in [2.45, 2.75) is 51.9 Å². The van der Waals surface area contributed by atoms with Crippen LogP contribution in [0, 0.1) is 12.8 Å². The molecule has 0 aliphatic rings. The van der Waals surface area contributed by atoms with Crippen LogP contribution in [0.25, 0.3) is 0 Å². The van der Waals surface area contributed by atoms with Crippen molar-refractivity contribution in [1.82, 2.24) is 15.8 Å². The molecule has 0 radical (unpaired) electrons. The number of amides is 2. The van der Waals surface area contributed by atoms with Gasteiger partial charge in [-0.15, -0.1) is 11.3 Å². The Balaban J connectivity index is 3.16. The topological polar surface area (TPSA) is 123 Å². The van der Waals surface area contributed by atoms with Crippen molar-refractivity contribution >= 4 is 23.2 Å². The minimum Gasteiger partial charge on any atom is -0.294 e. The summed E-state index contributed by atoms with van der Waals surface area (Å²) in [6, 6.07) is 0. The Morgan fingerprint density at radius 2 is 2.00 bits per heavy atom. The Bertz CT molecular complexity index is 517. The Kier molecular flexibility index (Phi) is 6.92. The number of hydrogen-bond acceptors (Lipinski definition) is 6. The molecule has 0 aromatic carbocycles. The monoisotopic (exact) mass is 327 g/mol. The van der Waals surface area contributed by atoms with Crippen molar-refractivity contribution < 1.29 is 9.59 Å². The molecule has 1 heterocycles. The molecule has 22 heavy (non-hydrogen) atoms. The highest BCUT2D eigenvalue weighted by atomic mass is 32.1. The van der Waals surface area contributed by atoms with Crippen molar-refractivity contribution in [2.24, 2.45) is 17.6 Å². The van der Waals surface area contributed by atoms with Crippen LogP contribution in [0.15, 0.2) is 5.38 Å². The zero-order valence-electron chi connectivity index (χ0n) is 13.3. The maximum Gasteiger partial charge on any atom is 0.246 e. The van der Waals surface area contributed by atoms with Gasteiger partial charge in [0.25, 0.3) is 0 Å². The van der Waals surface area contributed by atoms with Crippen LogP contribution < -0.4 is 22.5 Å². The molecule has 124 valence electrons. The Hall–Kier alpha value is -1.51. The molecular formula is C14H25N5O2S. The lowest BCUT2D eigenvalue weighted by atomic mass is 9.74. The summed E-state index contributed by atoms with van der Waals surface area (Å²) in [4.78, 5) is 28.5. The first-order valence-electron chi connectivity index (χ1n) is 7.28. The number of aromatic nitrogens is 1. The van der Waals surface area contributed by atoms with Gasteiger partial charge in [0.15, 0.2) is 0 Å². The van der Waals surface area contributed by atoms with E-state index in [1.165, 1.54) is 11.3 Å². The van der Waals surface area contributed by atoms with Gasteiger partial charge in [-0.1, -0.05) is 13.8 Å². The minimum atomic E-state index is -0.906. The number of rotatable bonds is 8. The molecular weight excluding hydrogens is 302 g/mol. The van der Waals surface area contributed by atoms with Gasteiger partial charge in [-0.2, -0.15) is 0 Å². The maximum absolute atomic E-state index is 12.5. The zero-order valence-corrected chi connectivity index (χ0v) is 14.1. The van der Waals surface area contributed by atoms with Gasteiger partial charge in [0.05, 0.1) is 16.1 Å². The second-order valence-electron chi connectivity index (χ2n) is 5.81. The van der Waals surface area contributed by atoms with E-state index < -0.39 is 5.41 Å². The lowest BCUT2D eigenvalue weighted by Gasteiger charge is -2.31. The number of carbonyl (C=O) groups is 2. The Labute approximate surface area is 134 Å². The van der Waals surface area contributed by atoms with Crippen LogP contribution in [0.3, 0.4) is 0 Å². The lowest BCUT2D eigenvalue weighted by Crippen LogP contribution is -2.48. The van der Waals surface area contributed by atoms with Gasteiger partial charge >= 0.3 is 0 Å². The number of nitrogens with two attached hydrogens (primary N) is 2. The van der Waals surface area contributed by atoms with Crippen molar-refractivity contribution in [2.75, 3.05) is 0 Å². The summed E-state index contributed by atoms with van der Waals surface area (Å²) in [7, 11) is 0. The summed E-state index contributed by atoms with van der Waals surface area (Å²) in [6.07, 6.45) is 1.86. The fourth-order valence-electron chi connectivity index (χ4n) is 2.38. The second-order valence-corrected chi connectivity index (χ2v) is 6.87. The molecule has 0 aliphatic carbocycles. The predicted octanol–water partition coefficient (Wildman–Crippen LogP) is 0.886. The summed E-state index contributed by atoms with van der Waals surface area (Å²) < 4.78 is 0. The van der Waals surface area contributed by atoms with E-state index in [9.17, 15) is 9.59 Å². The highest BCUT2D eigenvalue weighted by molar-refractivity contribution is 7.09. The standard InChI is InChI=1S/C14H25N5O2S/c1-9(2)4-6-14(13(21)19-16,7-5-12(20)18-15)11-8-22-10(3)17-11/h8-9H,4-7,15-16H2,1-3H3,(H,18,20)(H,19,21)/t14-/m0/s1. The molecule has 0 unspecified atom stereocenters. The van der Waals surface area contributed by atoms with Crippen LogP contribution in [-0.2, 0) is 15.0 Å². The van der Waals surface area contributed by atoms with Crippen LogP contribution in [0.5, 0.6) is 0 Å². The van der Waals surface area contributed by atoms with E-state index in [1.807, 2.05) is 12.3 Å². The molecule has 6 N–H and O–H groups in total. The van der Waals surface area contributed by atoms with Crippen molar-refractivity contribution in [3.05, 3.63) is 16.1 Å². The molecule has 1 aromatic rings. The van der Waals surface area contributed by atoms with Gasteiger partial charge in [-0.3, -0.25) is 20.4 Å². The van der Waals surface area contributed by atoms with E-state index in [2.05, 4.69) is 29.7 Å². The smallest absolute Gasteiger partial charge is 0.246 e. The van der Waals surface area contributed by atoms with Gasteiger partial charge < -0.3 is 0 Å². The lowest BCUT2D eigenvalue weighted by molar-refractivity contribution is -0.128. The molecule has 8 heteroatoms. The molecule has 1 rings (SSSR count). The average Bonchev–Trinajstić information content (AvgIpc) is 2.93. The van der Waals surface area contributed by atoms with Crippen molar-refractivity contribution in [3.8, 4) is 0 Å². The molecule has 7 nitrogen and oxygen atoms in total. The van der Waals surface area contributed by atoms with E-state index in [0.717, 1.165) is 11.4 Å². The molecule has 0 fully saturated rings. The average molecular weight is 327 g/mol. The predicted molar refractivity (Wildman–Crippen MR) is 86.5 cm³/mol. The van der Waals surface area contributed by atoms with E-state index in [1.54, 1.807) is 0 Å². The number of nitrogens with zero attached hydrogens (tertiary/aromatic N) is 1. The fourth-order valence-corrected chi connectivity index (χ4v) is 3.09. The summed E-state index contributed by atoms with van der Waals surface area (Å²) in [5.41, 5.74) is 4.10. The normalized spacial score (nSPS) is 13.7. The summed E-state index contributed by atoms with van der Waals surface area (Å²) in [5.74, 6) is 10.3.